The van der Waals surface area contributed by atoms with Gasteiger partial charge in [0.1, 0.15) is 0 Å². The van der Waals surface area contributed by atoms with Gasteiger partial charge in [-0.05, 0) is 18.2 Å². The Bertz CT molecular complexity index is 313. The minimum Gasteiger partial charge on any atom is -0.417 e. The fraction of sp³-hybridized carbons (Fsp3) is 0.143. The Balaban J connectivity index is 2.94. The second-order valence-electron chi connectivity index (χ2n) is 2.12. The number of ether oxygens (including phenoxy) is 1. The summed E-state index contributed by atoms with van der Waals surface area (Å²) in [7, 11) is 0. The summed E-state index contributed by atoms with van der Waals surface area (Å²) in [5.41, 5.74) is -3.90. The van der Waals surface area contributed by atoms with Gasteiger partial charge in [-0.1, -0.05) is 15.9 Å². The molecule has 0 saturated carbocycles. The van der Waals surface area contributed by atoms with E-state index in [0.717, 1.165) is 12.1 Å². The van der Waals surface area contributed by atoms with E-state index >= 15 is 0 Å². The zero-order chi connectivity index (χ0) is 10.1. The van der Waals surface area contributed by atoms with Crippen molar-refractivity contribution in [1.82, 2.24) is 0 Å². The first-order valence-electron chi connectivity index (χ1n) is 3.09. The third-order valence-electron chi connectivity index (χ3n) is 1.12. The predicted molar refractivity (Wildman–Crippen MR) is 45.5 cm³/mol. The van der Waals surface area contributed by atoms with E-state index in [2.05, 4.69) is 32.3 Å². The lowest BCUT2D eigenvalue weighted by molar-refractivity contribution is -0.0984. The van der Waals surface area contributed by atoms with Gasteiger partial charge in [0.2, 0.25) is 0 Å². The highest BCUT2D eigenvalue weighted by molar-refractivity contribution is 9.10. The van der Waals surface area contributed by atoms with Crippen LogP contribution in [0.1, 0.15) is 0 Å². The van der Waals surface area contributed by atoms with E-state index in [0.29, 0.717) is 4.47 Å². The highest BCUT2D eigenvalue weighted by Crippen LogP contribution is 2.29. The summed E-state index contributed by atoms with van der Waals surface area (Å²) in [5, 5.41) is 0. The molecule has 0 N–H and O–H groups in total. The van der Waals surface area contributed by atoms with E-state index in [4.69, 9.17) is 0 Å². The Kier molecular flexibility index (Phi) is 3.08. The molecule has 0 spiro atoms. The molecule has 6 heteroatoms. The van der Waals surface area contributed by atoms with Crippen LogP contribution >= 0.6 is 27.5 Å². The number of hydrogen-bond acceptors (Lipinski definition) is 1. The molecule has 1 rings (SSSR count). The van der Waals surface area contributed by atoms with Gasteiger partial charge < -0.3 is 4.74 Å². The molecule has 0 saturated heterocycles. The van der Waals surface area contributed by atoms with Crippen LogP contribution in [0, 0.1) is 5.82 Å². The van der Waals surface area contributed by atoms with Crippen molar-refractivity contribution in [3.8, 4) is 5.75 Å². The molecule has 0 fully saturated rings. The molecule has 0 heterocycles. The number of rotatable bonds is 2. The minimum atomic E-state index is -3.90. The standard InChI is InChI=1S/C7H3BrClF3O/c8-4-1-2-5(10)6(3-4)13-7(9,11)12/h1-3H. The van der Waals surface area contributed by atoms with Crippen molar-refractivity contribution in [2.75, 3.05) is 0 Å². The first-order chi connectivity index (χ1) is 5.88. The second kappa shape index (κ2) is 3.75. The fourth-order valence-electron chi connectivity index (χ4n) is 0.680. The molecule has 72 valence electrons. The molecule has 1 aromatic carbocycles. The van der Waals surface area contributed by atoms with Gasteiger partial charge in [-0.2, -0.15) is 0 Å². The highest BCUT2D eigenvalue weighted by atomic mass is 79.9. The van der Waals surface area contributed by atoms with Crippen molar-refractivity contribution >= 4 is 27.5 Å². The van der Waals surface area contributed by atoms with Crippen LogP contribution in [-0.4, -0.2) is 5.57 Å². The van der Waals surface area contributed by atoms with Crippen molar-refractivity contribution in [2.45, 2.75) is 5.57 Å². The van der Waals surface area contributed by atoms with Gasteiger partial charge >= 0.3 is 5.57 Å². The van der Waals surface area contributed by atoms with E-state index in [1.54, 1.807) is 0 Å². The van der Waals surface area contributed by atoms with Crippen molar-refractivity contribution < 1.29 is 17.9 Å². The van der Waals surface area contributed by atoms with E-state index in [9.17, 15) is 13.2 Å². The van der Waals surface area contributed by atoms with Crippen molar-refractivity contribution in [3.05, 3.63) is 28.5 Å². The lowest BCUT2D eigenvalue weighted by atomic mass is 10.3. The summed E-state index contributed by atoms with van der Waals surface area (Å²) in [4.78, 5) is 0. The predicted octanol–water partition coefficient (Wildman–Crippen LogP) is 3.76. The van der Waals surface area contributed by atoms with Crippen LogP contribution in [0.4, 0.5) is 13.2 Å². The average Bonchev–Trinajstić information content (AvgIpc) is 1.94. The summed E-state index contributed by atoms with van der Waals surface area (Å²) in [6.07, 6.45) is 0. The molecule has 0 bridgehead atoms. The summed E-state index contributed by atoms with van der Waals surface area (Å²) in [5.74, 6) is -1.50. The SMILES string of the molecule is Fc1ccc(Br)cc1OC(F)(F)Cl. The fourth-order valence-corrected chi connectivity index (χ4v) is 1.10. The van der Waals surface area contributed by atoms with Gasteiger partial charge in [0.25, 0.3) is 0 Å². The quantitative estimate of drug-likeness (QED) is 0.747. The molecule has 1 nitrogen and oxygen atoms in total. The molecule has 0 aromatic heterocycles. The Morgan fingerprint density at radius 2 is 2.00 bits per heavy atom. The number of benzene rings is 1. The van der Waals surface area contributed by atoms with E-state index in [1.165, 1.54) is 6.07 Å². The lowest BCUT2D eigenvalue weighted by Crippen LogP contribution is -2.16. The molecule has 1 aromatic rings. The van der Waals surface area contributed by atoms with Crippen LogP contribution in [0.5, 0.6) is 5.75 Å². The molecular weight excluding hydrogens is 272 g/mol. The average molecular weight is 275 g/mol. The summed E-state index contributed by atoms with van der Waals surface area (Å²) in [6, 6.07) is 3.40. The largest absolute Gasteiger partial charge is 0.487 e. The Morgan fingerprint density at radius 1 is 1.38 bits per heavy atom. The molecular formula is C7H3BrClF3O. The maximum absolute atomic E-state index is 12.8. The molecule has 0 unspecified atom stereocenters. The number of hydrogen-bond donors (Lipinski definition) is 0. The van der Waals surface area contributed by atoms with Gasteiger partial charge in [-0.25, -0.2) is 4.39 Å². The maximum Gasteiger partial charge on any atom is 0.487 e. The van der Waals surface area contributed by atoms with Crippen LogP contribution in [0.15, 0.2) is 22.7 Å². The normalized spacial score (nSPS) is 11.5. The number of alkyl halides is 3. The zero-order valence-electron chi connectivity index (χ0n) is 6.03. The Hall–Kier alpha value is -0.420. The van der Waals surface area contributed by atoms with Crippen molar-refractivity contribution in [1.29, 1.82) is 0 Å². The molecule has 13 heavy (non-hydrogen) atoms. The van der Waals surface area contributed by atoms with Crippen LogP contribution in [-0.2, 0) is 0 Å². The summed E-state index contributed by atoms with van der Waals surface area (Å²) in [6.45, 7) is 0. The van der Waals surface area contributed by atoms with Gasteiger partial charge in [-0.15, -0.1) is 8.78 Å². The Morgan fingerprint density at radius 3 is 2.54 bits per heavy atom. The third kappa shape index (κ3) is 3.44. The minimum absolute atomic E-state index is 0.421. The molecule has 0 amide bonds. The lowest BCUT2D eigenvalue weighted by Gasteiger charge is -2.10. The van der Waals surface area contributed by atoms with Gasteiger partial charge in [0, 0.05) is 16.1 Å². The van der Waals surface area contributed by atoms with Crippen molar-refractivity contribution in [2.24, 2.45) is 0 Å². The van der Waals surface area contributed by atoms with Gasteiger partial charge in [0.05, 0.1) is 0 Å². The Labute approximate surface area is 85.6 Å². The molecule has 0 atom stereocenters. The first kappa shape index (κ1) is 10.7. The number of halogens is 5. The van der Waals surface area contributed by atoms with Crippen LogP contribution in [0.3, 0.4) is 0 Å². The molecule has 0 radical (unpaired) electrons. The van der Waals surface area contributed by atoms with E-state index < -0.39 is 17.1 Å². The molecule has 0 aliphatic rings. The van der Waals surface area contributed by atoms with E-state index in [1.807, 2.05) is 0 Å². The third-order valence-corrected chi connectivity index (χ3v) is 1.69. The monoisotopic (exact) mass is 274 g/mol. The summed E-state index contributed by atoms with van der Waals surface area (Å²) >= 11 is 7.42. The van der Waals surface area contributed by atoms with Gasteiger partial charge in [-0.3, -0.25) is 0 Å². The van der Waals surface area contributed by atoms with E-state index in [-0.39, 0.29) is 0 Å². The van der Waals surface area contributed by atoms with Crippen LogP contribution < -0.4 is 4.74 Å². The van der Waals surface area contributed by atoms with Crippen molar-refractivity contribution in [3.63, 3.8) is 0 Å². The van der Waals surface area contributed by atoms with Gasteiger partial charge in [0.15, 0.2) is 11.6 Å². The summed E-state index contributed by atoms with van der Waals surface area (Å²) < 4.78 is 41.2. The van der Waals surface area contributed by atoms with Crippen LogP contribution in [0.2, 0.25) is 0 Å². The first-order valence-corrected chi connectivity index (χ1v) is 4.26. The van der Waals surface area contributed by atoms with Crippen LogP contribution in [0.25, 0.3) is 0 Å². The molecule has 0 aliphatic carbocycles. The smallest absolute Gasteiger partial charge is 0.417 e. The second-order valence-corrected chi connectivity index (χ2v) is 3.48. The zero-order valence-corrected chi connectivity index (χ0v) is 8.37. The molecule has 0 aliphatic heterocycles. The topological polar surface area (TPSA) is 9.23 Å². The maximum atomic E-state index is 12.8. The highest BCUT2D eigenvalue weighted by Gasteiger charge is 2.28.